The van der Waals surface area contributed by atoms with Crippen molar-refractivity contribution in [2.24, 2.45) is 5.41 Å². The highest BCUT2D eigenvalue weighted by atomic mass is 16.5. The molecule has 0 aliphatic rings. The number of hydrogen-bond acceptors (Lipinski definition) is 3. The van der Waals surface area contributed by atoms with E-state index < -0.39 is 5.41 Å². The molecule has 0 atom stereocenters. The van der Waals surface area contributed by atoms with Crippen molar-refractivity contribution < 1.29 is 9.53 Å². The molecular formula is C16H26N2O2. The van der Waals surface area contributed by atoms with E-state index in [1.165, 1.54) is 5.56 Å². The third-order valence-corrected chi connectivity index (χ3v) is 3.17. The highest BCUT2D eigenvalue weighted by Gasteiger charge is 2.27. The molecule has 0 aromatic heterocycles. The average molecular weight is 278 g/mol. The minimum Gasteiger partial charge on any atom is -0.383 e. The van der Waals surface area contributed by atoms with Gasteiger partial charge in [-0.15, -0.1) is 0 Å². The molecule has 20 heavy (non-hydrogen) atoms. The van der Waals surface area contributed by atoms with E-state index in [0.29, 0.717) is 13.2 Å². The van der Waals surface area contributed by atoms with Crippen LogP contribution in [0.5, 0.6) is 0 Å². The summed E-state index contributed by atoms with van der Waals surface area (Å²) in [5.74, 6) is 0.0925. The monoisotopic (exact) mass is 278 g/mol. The van der Waals surface area contributed by atoms with E-state index in [9.17, 15) is 4.79 Å². The van der Waals surface area contributed by atoms with Gasteiger partial charge in [-0.25, -0.2) is 0 Å². The smallest absolute Gasteiger partial charge is 0.226 e. The van der Waals surface area contributed by atoms with Gasteiger partial charge in [0, 0.05) is 32.2 Å². The van der Waals surface area contributed by atoms with Crippen LogP contribution < -0.4 is 10.6 Å². The van der Waals surface area contributed by atoms with E-state index >= 15 is 0 Å². The number of ether oxygens (including phenoxy) is 1. The molecule has 0 fully saturated rings. The zero-order chi connectivity index (χ0) is 14.8. The SMILES string of the molecule is COCCNCCNC(=O)C(C)(C)Cc1ccccc1. The first kappa shape index (κ1) is 16.7. The van der Waals surface area contributed by atoms with Crippen LogP contribution in [0.4, 0.5) is 0 Å². The summed E-state index contributed by atoms with van der Waals surface area (Å²) in [6.07, 6.45) is 0.747. The highest BCUT2D eigenvalue weighted by molar-refractivity contribution is 5.82. The second-order valence-corrected chi connectivity index (χ2v) is 5.54. The van der Waals surface area contributed by atoms with Gasteiger partial charge in [0.15, 0.2) is 0 Å². The molecule has 0 radical (unpaired) electrons. The number of carbonyl (C=O) groups excluding carboxylic acids is 1. The summed E-state index contributed by atoms with van der Waals surface area (Å²) in [7, 11) is 1.68. The van der Waals surface area contributed by atoms with Gasteiger partial charge < -0.3 is 15.4 Å². The Labute approximate surface area is 121 Å². The van der Waals surface area contributed by atoms with Gasteiger partial charge in [0.05, 0.1) is 6.61 Å². The van der Waals surface area contributed by atoms with E-state index in [-0.39, 0.29) is 5.91 Å². The summed E-state index contributed by atoms with van der Waals surface area (Å²) < 4.78 is 4.94. The van der Waals surface area contributed by atoms with Crippen LogP contribution in [0.2, 0.25) is 0 Å². The van der Waals surface area contributed by atoms with Gasteiger partial charge in [0.2, 0.25) is 5.91 Å². The summed E-state index contributed by atoms with van der Waals surface area (Å²) in [5, 5.41) is 6.18. The molecule has 0 spiro atoms. The first-order chi connectivity index (χ1) is 9.56. The summed E-state index contributed by atoms with van der Waals surface area (Å²) in [4.78, 5) is 12.2. The van der Waals surface area contributed by atoms with Crippen LogP contribution in [0.3, 0.4) is 0 Å². The summed E-state index contributed by atoms with van der Waals surface area (Å²) in [6.45, 7) is 6.85. The lowest BCUT2D eigenvalue weighted by Crippen LogP contribution is -2.41. The van der Waals surface area contributed by atoms with Crippen molar-refractivity contribution in [3.05, 3.63) is 35.9 Å². The van der Waals surface area contributed by atoms with Crippen LogP contribution in [0.1, 0.15) is 19.4 Å². The lowest BCUT2D eigenvalue weighted by Gasteiger charge is -2.23. The molecule has 4 nitrogen and oxygen atoms in total. The number of amides is 1. The van der Waals surface area contributed by atoms with E-state index in [1.807, 2.05) is 32.0 Å². The van der Waals surface area contributed by atoms with Crippen molar-refractivity contribution in [2.75, 3.05) is 33.4 Å². The third kappa shape index (κ3) is 6.17. The quantitative estimate of drug-likeness (QED) is 0.675. The van der Waals surface area contributed by atoms with Gasteiger partial charge in [-0.3, -0.25) is 4.79 Å². The average Bonchev–Trinajstić information content (AvgIpc) is 2.43. The molecule has 0 unspecified atom stereocenters. The Balaban J connectivity index is 2.30. The summed E-state index contributed by atoms with van der Waals surface area (Å²) in [5.41, 5.74) is 0.791. The van der Waals surface area contributed by atoms with Gasteiger partial charge in [-0.1, -0.05) is 44.2 Å². The first-order valence-corrected chi connectivity index (χ1v) is 7.08. The first-order valence-electron chi connectivity index (χ1n) is 7.08. The zero-order valence-corrected chi connectivity index (χ0v) is 12.7. The Bertz CT molecular complexity index is 391. The summed E-state index contributed by atoms with van der Waals surface area (Å²) in [6, 6.07) is 10.1. The molecular weight excluding hydrogens is 252 g/mol. The number of nitrogens with one attached hydrogen (secondary N) is 2. The number of methoxy groups -OCH3 is 1. The highest BCUT2D eigenvalue weighted by Crippen LogP contribution is 2.21. The molecule has 0 saturated heterocycles. The number of carbonyl (C=O) groups is 1. The van der Waals surface area contributed by atoms with Gasteiger partial charge >= 0.3 is 0 Å². The van der Waals surface area contributed by atoms with E-state index in [1.54, 1.807) is 7.11 Å². The maximum absolute atomic E-state index is 12.2. The lowest BCUT2D eigenvalue weighted by atomic mass is 9.85. The molecule has 2 N–H and O–H groups in total. The third-order valence-electron chi connectivity index (χ3n) is 3.17. The van der Waals surface area contributed by atoms with Gasteiger partial charge in [0.25, 0.3) is 0 Å². The van der Waals surface area contributed by atoms with Crippen LogP contribution in [0.15, 0.2) is 30.3 Å². The van der Waals surface area contributed by atoms with Crippen molar-refractivity contribution in [1.82, 2.24) is 10.6 Å². The largest absolute Gasteiger partial charge is 0.383 e. The summed E-state index contributed by atoms with van der Waals surface area (Å²) >= 11 is 0. The van der Waals surface area contributed by atoms with Crippen molar-refractivity contribution in [3.63, 3.8) is 0 Å². The normalized spacial score (nSPS) is 11.3. The molecule has 1 amide bonds. The zero-order valence-electron chi connectivity index (χ0n) is 12.7. The molecule has 0 heterocycles. The number of benzene rings is 1. The Morgan fingerprint density at radius 1 is 1.15 bits per heavy atom. The Hall–Kier alpha value is -1.39. The predicted octanol–water partition coefficient (Wildman–Crippen LogP) is 1.61. The maximum atomic E-state index is 12.2. The molecule has 1 rings (SSSR count). The molecule has 0 bridgehead atoms. The van der Waals surface area contributed by atoms with Crippen molar-refractivity contribution >= 4 is 5.91 Å². The topological polar surface area (TPSA) is 50.4 Å². The minimum absolute atomic E-state index is 0.0925. The number of rotatable bonds is 9. The predicted molar refractivity (Wildman–Crippen MR) is 81.7 cm³/mol. The second-order valence-electron chi connectivity index (χ2n) is 5.54. The molecule has 0 saturated carbocycles. The second kappa shape index (κ2) is 8.72. The molecule has 112 valence electrons. The maximum Gasteiger partial charge on any atom is 0.226 e. The van der Waals surface area contributed by atoms with Crippen molar-refractivity contribution in [2.45, 2.75) is 20.3 Å². The van der Waals surface area contributed by atoms with Crippen LogP contribution in [-0.2, 0) is 16.0 Å². The van der Waals surface area contributed by atoms with Crippen LogP contribution >= 0.6 is 0 Å². The Morgan fingerprint density at radius 3 is 2.50 bits per heavy atom. The molecule has 0 aliphatic heterocycles. The molecule has 0 aliphatic carbocycles. The Morgan fingerprint density at radius 2 is 1.85 bits per heavy atom. The van der Waals surface area contributed by atoms with Crippen molar-refractivity contribution in [3.8, 4) is 0 Å². The fourth-order valence-corrected chi connectivity index (χ4v) is 1.99. The standard InChI is InChI=1S/C16H26N2O2/c1-16(2,13-14-7-5-4-6-8-14)15(19)18-10-9-17-11-12-20-3/h4-8,17H,9-13H2,1-3H3,(H,18,19). The van der Waals surface area contributed by atoms with Gasteiger partial charge in [-0.05, 0) is 12.0 Å². The van der Waals surface area contributed by atoms with Crippen molar-refractivity contribution in [1.29, 1.82) is 0 Å². The lowest BCUT2D eigenvalue weighted by molar-refractivity contribution is -0.129. The van der Waals surface area contributed by atoms with Crippen LogP contribution in [-0.4, -0.2) is 39.3 Å². The van der Waals surface area contributed by atoms with Crippen LogP contribution in [0.25, 0.3) is 0 Å². The van der Waals surface area contributed by atoms with E-state index in [4.69, 9.17) is 4.74 Å². The molecule has 4 heteroatoms. The molecule has 1 aromatic rings. The molecule has 1 aromatic carbocycles. The van der Waals surface area contributed by atoms with Gasteiger partial charge in [0.1, 0.15) is 0 Å². The van der Waals surface area contributed by atoms with Crippen LogP contribution in [0, 0.1) is 5.41 Å². The minimum atomic E-state index is -0.395. The van der Waals surface area contributed by atoms with E-state index in [2.05, 4.69) is 22.8 Å². The van der Waals surface area contributed by atoms with Gasteiger partial charge in [-0.2, -0.15) is 0 Å². The van der Waals surface area contributed by atoms with E-state index in [0.717, 1.165) is 19.5 Å². The fraction of sp³-hybridized carbons (Fsp3) is 0.562. The fourth-order valence-electron chi connectivity index (χ4n) is 1.99. The number of hydrogen-bond donors (Lipinski definition) is 2. The Kier molecular flexibility index (Phi) is 7.26.